The number of pyridine rings is 1. The molecule has 0 bridgehead atoms. The lowest BCUT2D eigenvalue weighted by molar-refractivity contribution is 0.0921. The Morgan fingerprint density at radius 3 is 2.71 bits per heavy atom. The van der Waals surface area contributed by atoms with Crippen LogP contribution in [0.3, 0.4) is 0 Å². The third-order valence-electron chi connectivity index (χ3n) is 4.52. The summed E-state index contributed by atoms with van der Waals surface area (Å²) in [4.78, 5) is 4.50. The second kappa shape index (κ2) is 6.61. The second-order valence-corrected chi connectivity index (χ2v) is 6.51. The Bertz CT molecular complexity index is 536. The van der Waals surface area contributed by atoms with Crippen LogP contribution in [0.4, 0.5) is 0 Å². The lowest BCUT2D eigenvalue weighted by atomic mass is 9.79. The van der Waals surface area contributed by atoms with Crippen molar-refractivity contribution in [2.45, 2.75) is 53.1 Å². The second-order valence-electron chi connectivity index (χ2n) is 6.51. The highest BCUT2D eigenvalue weighted by Gasteiger charge is 2.26. The van der Waals surface area contributed by atoms with Crippen LogP contribution in [0, 0.1) is 25.7 Å². The molecule has 0 radical (unpaired) electrons. The third kappa shape index (κ3) is 3.65. The van der Waals surface area contributed by atoms with Crippen molar-refractivity contribution >= 4 is 0 Å². The minimum atomic E-state index is -0.338. The third-order valence-corrected chi connectivity index (χ3v) is 4.52. The van der Waals surface area contributed by atoms with E-state index in [1.165, 1.54) is 5.57 Å². The van der Waals surface area contributed by atoms with E-state index in [0.29, 0.717) is 18.3 Å². The molecule has 0 spiro atoms. The Balaban J connectivity index is 2.13. The minimum Gasteiger partial charge on any atom is -0.496 e. The van der Waals surface area contributed by atoms with E-state index in [4.69, 9.17) is 4.74 Å². The Labute approximate surface area is 128 Å². The van der Waals surface area contributed by atoms with Gasteiger partial charge in [0.05, 0.1) is 13.2 Å². The highest BCUT2D eigenvalue weighted by molar-refractivity contribution is 5.41. The van der Waals surface area contributed by atoms with Crippen LogP contribution in [0.25, 0.3) is 0 Å². The van der Waals surface area contributed by atoms with Gasteiger partial charge in [-0.1, -0.05) is 18.6 Å². The van der Waals surface area contributed by atoms with E-state index in [9.17, 15) is 5.11 Å². The molecule has 0 amide bonds. The molecule has 1 N–H and O–H groups in total. The molecule has 2 rings (SSSR count). The zero-order chi connectivity index (χ0) is 15.6. The minimum absolute atomic E-state index is 0.332. The van der Waals surface area contributed by atoms with Crippen molar-refractivity contribution < 1.29 is 9.84 Å². The predicted molar refractivity (Wildman–Crippen MR) is 85.6 cm³/mol. The summed E-state index contributed by atoms with van der Waals surface area (Å²) in [7, 11) is 1.69. The fourth-order valence-electron chi connectivity index (χ4n) is 3.53. The molecule has 0 saturated heterocycles. The molecule has 3 unspecified atom stereocenters. The van der Waals surface area contributed by atoms with Crippen molar-refractivity contribution in [2.75, 3.05) is 7.11 Å². The first kappa shape index (κ1) is 16.0. The van der Waals surface area contributed by atoms with Crippen molar-refractivity contribution in [3.8, 4) is 5.75 Å². The van der Waals surface area contributed by atoms with Crippen LogP contribution >= 0.6 is 0 Å². The number of aliphatic hydroxyl groups is 1. The van der Waals surface area contributed by atoms with Gasteiger partial charge in [0, 0.05) is 29.4 Å². The van der Waals surface area contributed by atoms with E-state index >= 15 is 0 Å². The lowest BCUT2D eigenvalue weighted by Crippen LogP contribution is -2.27. The van der Waals surface area contributed by atoms with Gasteiger partial charge in [-0.25, -0.2) is 0 Å². The first-order valence-corrected chi connectivity index (χ1v) is 7.76. The normalized spacial score (nSPS) is 23.6. The average molecular weight is 289 g/mol. The molecule has 0 aliphatic heterocycles. The zero-order valence-electron chi connectivity index (χ0n) is 13.8. The summed E-state index contributed by atoms with van der Waals surface area (Å²) in [5.74, 6) is 1.78. The van der Waals surface area contributed by atoms with E-state index in [0.717, 1.165) is 35.4 Å². The molecular weight excluding hydrogens is 262 g/mol. The molecular formula is C18H27NO2. The molecule has 0 aromatic carbocycles. The number of aromatic nitrogens is 1. The van der Waals surface area contributed by atoms with Crippen LogP contribution in [0.5, 0.6) is 5.75 Å². The van der Waals surface area contributed by atoms with Crippen LogP contribution in [-0.2, 0) is 6.42 Å². The molecule has 1 heterocycles. The fourth-order valence-corrected chi connectivity index (χ4v) is 3.53. The van der Waals surface area contributed by atoms with Crippen LogP contribution in [0.15, 0.2) is 17.8 Å². The van der Waals surface area contributed by atoms with Gasteiger partial charge in [-0.2, -0.15) is 0 Å². The first-order chi connectivity index (χ1) is 9.92. The van der Waals surface area contributed by atoms with Gasteiger partial charge in [0.25, 0.3) is 0 Å². The van der Waals surface area contributed by atoms with Crippen molar-refractivity contribution in [1.29, 1.82) is 0 Å². The molecule has 3 atom stereocenters. The molecule has 3 nitrogen and oxygen atoms in total. The Hall–Kier alpha value is -1.35. The zero-order valence-corrected chi connectivity index (χ0v) is 13.8. The number of nitrogens with zero attached hydrogens (tertiary/aromatic N) is 1. The van der Waals surface area contributed by atoms with Gasteiger partial charge in [0.1, 0.15) is 5.75 Å². The maximum atomic E-state index is 10.6. The van der Waals surface area contributed by atoms with Crippen LogP contribution in [-0.4, -0.2) is 23.3 Å². The van der Waals surface area contributed by atoms with Gasteiger partial charge >= 0.3 is 0 Å². The lowest BCUT2D eigenvalue weighted by Gasteiger charge is -2.29. The largest absolute Gasteiger partial charge is 0.496 e. The van der Waals surface area contributed by atoms with Crippen molar-refractivity contribution in [1.82, 2.24) is 4.98 Å². The number of hydrogen-bond donors (Lipinski definition) is 1. The number of hydrogen-bond acceptors (Lipinski definition) is 3. The SMILES string of the molecule is COc1c(C)cnc(CC(O)C2CC(C)=CC(C)C2)c1C. The summed E-state index contributed by atoms with van der Waals surface area (Å²) in [6.45, 7) is 8.40. The quantitative estimate of drug-likeness (QED) is 0.861. The van der Waals surface area contributed by atoms with Crippen LogP contribution in [0.1, 0.15) is 43.5 Å². The molecule has 1 aromatic heterocycles. The predicted octanol–water partition coefficient (Wildman–Crippen LogP) is 3.60. The van der Waals surface area contributed by atoms with Gasteiger partial charge in [-0.15, -0.1) is 0 Å². The number of ether oxygens (including phenoxy) is 1. The van der Waals surface area contributed by atoms with Crippen LogP contribution < -0.4 is 4.74 Å². The fraction of sp³-hybridized carbons (Fsp3) is 0.611. The van der Waals surface area contributed by atoms with Gasteiger partial charge in [0.15, 0.2) is 0 Å². The highest BCUT2D eigenvalue weighted by Crippen LogP contribution is 2.32. The van der Waals surface area contributed by atoms with Gasteiger partial charge in [0.2, 0.25) is 0 Å². The number of aryl methyl sites for hydroxylation is 1. The molecule has 3 heteroatoms. The van der Waals surface area contributed by atoms with E-state index in [-0.39, 0.29) is 6.10 Å². The highest BCUT2D eigenvalue weighted by atomic mass is 16.5. The number of aliphatic hydroxyl groups excluding tert-OH is 1. The van der Waals surface area contributed by atoms with E-state index in [2.05, 4.69) is 24.9 Å². The number of rotatable bonds is 4. The Kier molecular flexibility index (Phi) is 5.04. The summed E-state index contributed by atoms with van der Waals surface area (Å²) >= 11 is 0. The van der Waals surface area contributed by atoms with Crippen LogP contribution in [0.2, 0.25) is 0 Å². The van der Waals surface area contributed by atoms with E-state index < -0.39 is 0 Å². The van der Waals surface area contributed by atoms with Gasteiger partial charge < -0.3 is 9.84 Å². The maximum Gasteiger partial charge on any atom is 0.128 e. The number of allylic oxidation sites excluding steroid dienone is 2. The number of methoxy groups -OCH3 is 1. The van der Waals surface area contributed by atoms with E-state index in [1.54, 1.807) is 7.11 Å². The molecule has 1 aliphatic rings. The summed E-state index contributed by atoms with van der Waals surface area (Å²) < 4.78 is 5.45. The topological polar surface area (TPSA) is 42.4 Å². The maximum absolute atomic E-state index is 10.6. The summed E-state index contributed by atoms with van der Waals surface area (Å²) in [5, 5.41) is 10.6. The molecule has 0 saturated carbocycles. The standard InChI is InChI=1S/C18H27NO2/c1-11-6-12(2)8-15(7-11)17(20)9-16-14(4)18(21-5)13(3)10-19-16/h6,10-11,15,17,20H,7-9H2,1-5H3. The van der Waals surface area contributed by atoms with Crippen molar-refractivity contribution in [3.63, 3.8) is 0 Å². The van der Waals surface area contributed by atoms with Gasteiger partial charge in [-0.05, 0) is 45.4 Å². The summed E-state index contributed by atoms with van der Waals surface area (Å²) in [6, 6.07) is 0. The Morgan fingerprint density at radius 2 is 2.10 bits per heavy atom. The molecule has 116 valence electrons. The molecule has 0 fully saturated rings. The van der Waals surface area contributed by atoms with Crippen molar-refractivity contribution in [3.05, 3.63) is 34.7 Å². The summed E-state index contributed by atoms with van der Waals surface area (Å²) in [6.07, 6.45) is 6.47. The smallest absolute Gasteiger partial charge is 0.128 e. The molecule has 1 aromatic rings. The van der Waals surface area contributed by atoms with Crippen molar-refractivity contribution in [2.24, 2.45) is 11.8 Å². The van der Waals surface area contributed by atoms with Gasteiger partial charge in [-0.3, -0.25) is 4.98 Å². The molecule has 21 heavy (non-hydrogen) atoms. The monoisotopic (exact) mass is 289 g/mol. The Morgan fingerprint density at radius 1 is 1.38 bits per heavy atom. The molecule has 1 aliphatic carbocycles. The van der Waals surface area contributed by atoms with E-state index in [1.807, 2.05) is 20.0 Å². The first-order valence-electron chi connectivity index (χ1n) is 7.76. The summed E-state index contributed by atoms with van der Waals surface area (Å²) in [5.41, 5.74) is 4.43. The average Bonchev–Trinajstić information content (AvgIpc) is 2.41.